The van der Waals surface area contributed by atoms with Gasteiger partial charge in [-0.05, 0) is 50.8 Å². The first-order valence-corrected chi connectivity index (χ1v) is 11.4. The molecule has 0 saturated carbocycles. The predicted octanol–water partition coefficient (Wildman–Crippen LogP) is 5.14. The molecule has 2 aromatic heterocycles. The standard InChI is InChI=1S/C26H26ClFN6O/c1-17-14-29-26(31-22-10-9-20(28)13-21(22)27)32-24(17)34-12-11-19(15-34)25(35)30-23(16-33(2)3)18-7-5-4-6-8-18/h4-15,23H,16H2,1-3H3,(H,30,35)(H,29,31,32). The molecule has 4 aromatic rings. The molecule has 2 heterocycles. The summed E-state index contributed by atoms with van der Waals surface area (Å²) in [6.45, 7) is 2.55. The van der Waals surface area contributed by atoms with E-state index in [1.807, 2.05) is 56.3 Å². The predicted molar refractivity (Wildman–Crippen MR) is 136 cm³/mol. The van der Waals surface area contributed by atoms with E-state index in [0.717, 1.165) is 11.1 Å². The summed E-state index contributed by atoms with van der Waals surface area (Å²) < 4.78 is 15.1. The maximum Gasteiger partial charge on any atom is 0.253 e. The molecule has 0 aliphatic rings. The summed E-state index contributed by atoms with van der Waals surface area (Å²) >= 11 is 6.11. The Hall–Kier alpha value is -3.75. The first-order valence-electron chi connectivity index (χ1n) is 11.0. The van der Waals surface area contributed by atoms with Gasteiger partial charge >= 0.3 is 0 Å². The number of carbonyl (C=O) groups excluding carboxylic acids is 1. The molecule has 180 valence electrons. The average Bonchev–Trinajstić information content (AvgIpc) is 3.32. The number of nitrogens with one attached hydrogen (secondary N) is 2. The Kier molecular flexibility index (Phi) is 7.43. The molecule has 2 aromatic carbocycles. The summed E-state index contributed by atoms with van der Waals surface area (Å²) in [4.78, 5) is 24.0. The fourth-order valence-corrected chi connectivity index (χ4v) is 3.87. The van der Waals surface area contributed by atoms with Crippen LogP contribution in [0.4, 0.5) is 16.0 Å². The summed E-state index contributed by atoms with van der Waals surface area (Å²) in [5.41, 5.74) is 2.86. The Morgan fingerprint density at radius 1 is 1.17 bits per heavy atom. The molecule has 4 rings (SSSR count). The van der Waals surface area contributed by atoms with Crippen molar-refractivity contribution in [2.24, 2.45) is 0 Å². The van der Waals surface area contributed by atoms with Gasteiger partial charge in [-0.1, -0.05) is 41.9 Å². The minimum absolute atomic E-state index is 0.154. The summed E-state index contributed by atoms with van der Waals surface area (Å²) in [6.07, 6.45) is 5.18. The Labute approximate surface area is 208 Å². The highest BCUT2D eigenvalue weighted by Crippen LogP contribution is 2.25. The lowest BCUT2D eigenvalue weighted by molar-refractivity contribution is 0.0930. The van der Waals surface area contributed by atoms with Crippen LogP contribution in [0.15, 0.2) is 73.2 Å². The van der Waals surface area contributed by atoms with Crippen LogP contribution in [0, 0.1) is 12.7 Å². The van der Waals surface area contributed by atoms with Crippen LogP contribution in [0.5, 0.6) is 0 Å². The van der Waals surface area contributed by atoms with Crippen molar-refractivity contribution < 1.29 is 9.18 Å². The molecule has 2 N–H and O–H groups in total. The number of hydrogen-bond acceptors (Lipinski definition) is 5. The smallest absolute Gasteiger partial charge is 0.253 e. The lowest BCUT2D eigenvalue weighted by Gasteiger charge is -2.22. The van der Waals surface area contributed by atoms with E-state index < -0.39 is 5.82 Å². The number of rotatable bonds is 8. The van der Waals surface area contributed by atoms with Crippen LogP contribution < -0.4 is 10.6 Å². The van der Waals surface area contributed by atoms with E-state index in [4.69, 9.17) is 11.6 Å². The number of aromatic nitrogens is 3. The fraction of sp³-hybridized carbons (Fsp3) is 0.192. The van der Waals surface area contributed by atoms with Crippen molar-refractivity contribution in [3.63, 3.8) is 0 Å². The topological polar surface area (TPSA) is 75.1 Å². The van der Waals surface area contributed by atoms with Crippen molar-refractivity contribution >= 4 is 29.1 Å². The highest BCUT2D eigenvalue weighted by molar-refractivity contribution is 6.33. The van der Waals surface area contributed by atoms with E-state index in [-0.39, 0.29) is 17.0 Å². The van der Waals surface area contributed by atoms with Crippen LogP contribution in [0.3, 0.4) is 0 Å². The van der Waals surface area contributed by atoms with Gasteiger partial charge in [-0.2, -0.15) is 4.98 Å². The molecule has 1 amide bonds. The van der Waals surface area contributed by atoms with Crippen LogP contribution in [-0.2, 0) is 0 Å². The van der Waals surface area contributed by atoms with Gasteiger partial charge in [0.25, 0.3) is 5.91 Å². The second-order valence-electron chi connectivity index (χ2n) is 8.46. The van der Waals surface area contributed by atoms with E-state index in [1.165, 1.54) is 18.2 Å². The molecule has 7 nitrogen and oxygen atoms in total. The zero-order chi connectivity index (χ0) is 24.9. The van der Waals surface area contributed by atoms with Gasteiger partial charge in [0.05, 0.1) is 22.3 Å². The number of aryl methyl sites for hydroxylation is 1. The molecule has 0 saturated heterocycles. The summed E-state index contributed by atoms with van der Waals surface area (Å²) in [5.74, 6) is 0.300. The minimum Gasteiger partial charge on any atom is -0.344 e. The molecule has 1 atom stereocenters. The summed E-state index contributed by atoms with van der Waals surface area (Å²) in [7, 11) is 3.95. The second-order valence-corrected chi connectivity index (χ2v) is 8.86. The maximum absolute atomic E-state index is 13.3. The molecule has 0 radical (unpaired) electrons. The molecule has 0 spiro atoms. The van der Waals surface area contributed by atoms with Crippen molar-refractivity contribution in [3.8, 4) is 5.82 Å². The van der Waals surface area contributed by atoms with E-state index in [0.29, 0.717) is 29.6 Å². The minimum atomic E-state index is -0.427. The Morgan fingerprint density at radius 3 is 2.66 bits per heavy atom. The Balaban J connectivity index is 1.54. The van der Waals surface area contributed by atoms with Gasteiger partial charge < -0.3 is 20.1 Å². The third kappa shape index (κ3) is 6.03. The highest BCUT2D eigenvalue weighted by atomic mass is 35.5. The van der Waals surface area contributed by atoms with E-state index in [1.54, 1.807) is 29.2 Å². The van der Waals surface area contributed by atoms with Gasteiger partial charge in [0.1, 0.15) is 11.6 Å². The molecule has 9 heteroatoms. The second kappa shape index (κ2) is 10.7. The monoisotopic (exact) mass is 492 g/mol. The Morgan fingerprint density at radius 2 is 1.94 bits per heavy atom. The van der Waals surface area contributed by atoms with Crippen LogP contribution in [0.1, 0.15) is 27.5 Å². The molecule has 35 heavy (non-hydrogen) atoms. The molecule has 0 fully saturated rings. The number of benzene rings is 2. The lowest BCUT2D eigenvalue weighted by Crippen LogP contribution is -2.35. The quantitative estimate of drug-likeness (QED) is 0.356. The number of likely N-dealkylation sites (N-methyl/N-ethyl adjacent to an activating group) is 1. The fourth-order valence-electron chi connectivity index (χ4n) is 3.65. The van der Waals surface area contributed by atoms with Crippen molar-refractivity contribution in [2.75, 3.05) is 26.0 Å². The first-order chi connectivity index (χ1) is 16.8. The van der Waals surface area contributed by atoms with E-state index in [9.17, 15) is 9.18 Å². The maximum atomic E-state index is 13.3. The largest absolute Gasteiger partial charge is 0.344 e. The third-order valence-corrected chi connectivity index (χ3v) is 5.69. The SMILES string of the molecule is Cc1cnc(Nc2ccc(F)cc2Cl)nc1-n1ccc(C(=O)NC(CN(C)C)c2ccccc2)c1. The van der Waals surface area contributed by atoms with Gasteiger partial charge in [-0.25, -0.2) is 9.37 Å². The normalized spacial score (nSPS) is 11.9. The summed E-state index contributed by atoms with van der Waals surface area (Å²) in [6, 6.07) is 15.5. The molecular weight excluding hydrogens is 467 g/mol. The number of anilines is 2. The van der Waals surface area contributed by atoms with Crippen molar-refractivity contribution in [3.05, 3.63) is 101 Å². The Bertz CT molecular complexity index is 1320. The molecule has 0 bridgehead atoms. The van der Waals surface area contributed by atoms with Gasteiger partial charge in [-0.15, -0.1) is 0 Å². The van der Waals surface area contributed by atoms with Gasteiger partial charge in [0.15, 0.2) is 0 Å². The molecule has 0 aliphatic carbocycles. The first kappa shape index (κ1) is 24.4. The number of halogens is 2. The molecule has 0 aliphatic heterocycles. The number of hydrogen-bond donors (Lipinski definition) is 2. The molecular formula is C26H26ClFN6O. The van der Waals surface area contributed by atoms with Gasteiger partial charge in [0, 0.05) is 30.7 Å². The molecule has 1 unspecified atom stereocenters. The van der Waals surface area contributed by atoms with Crippen molar-refractivity contribution in [1.82, 2.24) is 24.8 Å². The lowest BCUT2D eigenvalue weighted by atomic mass is 10.1. The van der Waals surface area contributed by atoms with E-state index >= 15 is 0 Å². The van der Waals surface area contributed by atoms with Crippen molar-refractivity contribution in [2.45, 2.75) is 13.0 Å². The van der Waals surface area contributed by atoms with Crippen LogP contribution >= 0.6 is 11.6 Å². The summed E-state index contributed by atoms with van der Waals surface area (Å²) in [5, 5.41) is 6.36. The number of carbonyl (C=O) groups is 1. The average molecular weight is 493 g/mol. The van der Waals surface area contributed by atoms with Gasteiger partial charge in [0.2, 0.25) is 5.95 Å². The third-order valence-electron chi connectivity index (χ3n) is 5.38. The van der Waals surface area contributed by atoms with Gasteiger partial charge in [-0.3, -0.25) is 4.79 Å². The number of nitrogens with zero attached hydrogens (tertiary/aromatic N) is 4. The van der Waals surface area contributed by atoms with Crippen LogP contribution in [0.25, 0.3) is 5.82 Å². The number of amides is 1. The highest BCUT2D eigenvalue weighted by Gasteiger charge is 2.18. The zero-order valence-corrected chi connectivity index (χ0v) is 20.4. The zero-order valence-electron chi connectivity index (χ0n) is 19.7. The van der Waals surface area contributed by atoms with Crippen LogP contribution in [-0.4, -0.2) is 46.0 Å². The van der Waals surface area contributed by atoms with E-state index in [2.05, 4.69) is 20.6 Å². The van der Waals surface area contributed by atoms with Crippen molar-refractivity contribution in [1.29, 1.82) is 0 Å². The van der Waals surface area contributed by atoms with Crippen LogP contribution in [0.2, 0.25) is 5.02 Å².